The summed E-state index contributed by atoms with van der Waals surface area (Å²) in [5.74, 6) is -0.384. The molecule has 0 aromatic heterocycles. The van der Waals surface area contributed by atoms with E-state index in [1.54, 1.807) is 18.2 Å². The zero-order valence-corrected chi connectivity index (χ0v) is 12.8. The molecule has 0 aliphatic rings. The molecule has 0 atom stereocenters. The van der Waals surface area contributed by atoms with Crippen molar-refractivity contribution in [3.05, 3.63) is 52.5 Å². The van der Waals surface area contributed by atoms with Gasteiger partial charge in [-0.25, -0.2) is 4.79 Å². The van der Waals surface area contributed by atoms with E-state index in [9.17, 15) is 4.79 Å². The van der Waals surface area contributed by atoms with E-state index in [4.69, 9.17) is 11.6 Å². The summed E-state index contributed by atoms with van der Waals surface area (Å²) in [5.41, 5.74) is 3.12. The van der Waals surface area contributed by atoms with Crippen LogP contribution in [-0.4, -0.2) is 13.1 Å². The molecule has 0 saturated heterocycles. The molecule has 0 unspecified atom stereocenters. The predicted octanol–water partition coefficient (Wildman–Crippen LogP) is 4.47. The van der Waals surface area contributed by atoms with Crippen LogP contribution in [0.2, 0.25) is 5.02 Å². The quantitative estimate of drug-likeness (QED) is 0.649. The van der Waals surface area contributed by atoms with Crippen molar-refractivity contribution >= 4 is 41.6 Å². The van der Waals surface area contributed by atoms with Gasteiger partial charge in [0.05, 0.1) is 18.4 Å². The number of methoxy groups -OCH3 is 1. The van der Waals surface area contributed by atoms with Gasteiger partial charge in [-0.2, -0.15) is 0 Å². The van der Waals surface area contributed by atoms with Gasteiger partial charge in [0.15, 0.2) is 0 Å². The molecule has 0 saturated carbocycles. The summed E-state index contributed by atoms with van der Waals surface area (Å²) in [6.07, 6.45) is 0. The van der Waals surface area contributed by atoms with Crippen molar-refractivity contribution in [1.29, 1.82) is 0 Å². The topological polar surface area (TPSA) is 38.3 Å². The van der Waals surface area contributed by atoms with E-state index in [0.717, 1.165) is 16.9 Å². The Labute approximate surface area is 128 Å². The first kappa shape index (κ1) is 14.8. The predicted molar refractivity (Wildman–Crippen MR) is 84.5 cm³/mol. The number of thiol groups is 1. The Morgan fingerprint density at radius 3 is 2.65 bits per heavy atom. The first-order valence-corrected chi connectivity index (χ1v) is 6.79. The first-order valence-electron chi connectivity index (χ1n) is 5.96. The average molecular weight is 308 g/mol. The number of carbonyl (C=O) groups is 1. The molecule has 0 aliphatic carbocycles. The molecule has 0 amide bonds. The van der Waals surface area contributed by atoms with Crippen LogP contribution in [0.3, 0.4) is 0 Å². The van der Waals surface area contributed by atoms with Gasteiger partial charge in [0.2, 0.25) is 0 Å². The van der Waals surface area contributed by atoms with Gasteiger partial charge >= 0.3 is 5.97 Å². The molecule has 0 aliphatic heterocycles. The number of nitrogens with one attached hydrogen (secondary N) is 1. The molecule has 104 valence electrons. The summed E-state index contributed by atoms with van der Waals surface area (Å²) in [6.45, 7) is 1.94. The highest BCUT2D eigenvalue weighted by atomic mass is 35.5. The van der Waals surface area contributed by atoms with Crippen LogP contribution in [0.25, 0.3) is 0 Å². The van der Waals surface area contributed by atoms with Gasteiger partial charge in [0.1, 0.15) is 0 Å². The minimum atomic E-state index is -0.384. The van der Waals surface area contributed by atoms with Crippen molar-refractivity contribution < 1.29 is 9.53 Å². The summed E-state index contributed by atoms with van der Waals surface area (Å²) in [4.78, 5) is 12.1. The normalized spacial score (nSPS) is 10.2. The number of halogens is 1. The minimum Gasteiger partial charge on any atom is -0.465 e. The Kier molecular flexibility index (Phi) is 4.57. The van der Waals surface area contributed by atoms with Crippen LogP contribution in [0.5, 0.6) is 0 Å². The minimum absolute atomic E-state index is 0.384. The van der Waals surface area contributed by atoms with Crippen LogP contribution < -0.4 is 5.32 Å². The Hall–Kier alpha value is -1.65. The van der Waals surface area contributed by atoms with Gasteiger partial charge in [-0.3, -0.25) is 0 Å². The molecule has 20 heavy (non-hydrogen) atoms. The molecule has 0 spiro atoms. The third kappa shape index (κ3) is 3.08. The summed E-state index contributed by atoms with van der Waals surface area (Å²) >= 11 is 10.5. The van der Waals surface area contributed by atoms with Gasteiger partial charge in [-0.1, -0.05) is 17.7 Å². The van der Waals surface area contributed by atoms with E-state index < -0.39 is 0 Å². The maximum Gasteiger partial charge on any atom is 0.337 e. The van der Waals surface area contributed by atoms with Crippen LogP contribution in [0.4, 0.5) is 11.4 Å². The summed E-state index contributed by atoms with van der Waals surface area (Å²) in [6, 6.07) is 10.8. The monoisotopic (exact) mass is 307 g/mol. The maximum absolute atomic E-state index is 11.4. The Morgan fingerprint density at radius 2 is 2.00 bits per heavy atom. The Bertz CT molecular complexity index is 658. The van der Waals surface area contributed by atoms with E-state index >= 15 is 0 Å². The third-order valence-corrected chi connectivity index (χ3v) is 3.74. The fraction of sp³-hybridized carbons (Fsp3) is 0.133. The summed E-state index contributed by atoms with van der Waals surface area (Å²) in [7, 11) is 1.35. The molecular formula is C15H14ClNO2S. The van der Waals surface area contributed by atoms with Crippen LogP contribution in [0.15, 0.2) is 41.3 Å². The third-order valence-electron chi connectivity index (χ3n) is 2.96. The van der Waals surface area contributed by atoms with Crippen molar-refractivity contribution in [3.8, 4) is 0 Å². The fourth-order valence-electron chi connectivity index (χ4n) is 1.77. The molecule has 3 nitrogen and oxygen atoms in total. The van der Waals surface area contributed by atoms with Crippen LogP contribution >= 0.6 is 24.2 Å². The van der Waals surface area contributed by atoms with Crippen molar-refractivity contribution in [3.63, 3.8) is 0 Å². The van der Waals surface area contributed by atoms with Crippen molar-refractivity contribution in [1.82, 2.24) is 0 Å². The average Bonchev–Trinajstić information content (AvgIpc) is 2.45. The molecule has 2 rings (SSSR count). The van der Waals surface area contributed by atoms with Gasteiger partial charge in [0.25, 0.3) is 0 Å². The number of carbonyl (C=O) groups excluding carboxylic acids is 1. The zero-order chi connectivity index (χ0) is 14.7. The second kappa shape index (κ2) is 6.20. The van der Waals surface area contributed by atoms with Gasteiger partial charge < -0.3 is 10.1 Å². The lowest BCUT2D eigenvalue weighted by molar-refractivity contribution is 0.0600. The highest BCUT2D eigenvalue weighted by Crippen LogP contribution is 2.29. The Morgan fingerprint density at radius 1 is 1.25 bits per heavy atom. The number of hydrogen-bond acceptors (Lipinski definition) is 4. The summed E-state index contributed by atoms with van der Waals surface area (Å²) < 4.78 is 4.67. The van der Waals surface area contributed by atoms with E-state index in [1.165, 1.54) is 7.11 Å². The second-order valence-electron chi connectivity index (χ2n) is 4.26. The number of anilines is 2. The molecule has 2 aromatic rings. The van der Waals surface area contributed by atoms with E-state index in [0.29, 0.717) is 15.5 Å². The standard InChI is InChI=1S/C15H14ClNO2S/c1-9-11(16)4-3-5-12(9)17-13-7-6-10(8-14(13)20)15(18)19-2/h3-8,17,20H,1-2H3. The van der Waals surface area contributed by atoms with Crippen molar-refractivity contribution in [2.24, 2.45) is 0 Å². The van der Waals surface area contributed by atoms with Crippen LogP contribution in [0.1, 0.15) is 15.9 Å². The number of hydrogen-bond donors (Lipinski definition) is 2. The first-order chi connectivity index (χ1) is 9.52. The van der Waals surface area contributed by atoms with Crippen LogP contribution in [0, 0.1) is 6.92 Å². The molecule has 1 N–H and O–H groups in total. The molecule has 2 aromatic carbocycles. The molecule has 5 heteroatoms. The highest BCUT2D eigenvalue weighted by Gasteiger charge is 2.09. The van der Waals surface area contributed by atoms with Crippen LogP contribution in [-0.2, 0) is 4.74 Å². The molecule has 0 heterocycles. The lowest BCUT2D eigenvalue weighted by Crippen LogP contribution is -2.02. The highest BCUT2D eigenvalue weighted by molar-refractivity contribution is 7.80. The lowest BCUT2D eigenvalue weighted by Gasteiger charge is -2.13. The fourth-order valence-corrected chi connectivity index (χ4v) is 2.21. The van der Waals surface area contributed by atoms with E-state index in [2.05, 4.69) is 22.7 Å². The smallest absolute Gasteiger partial charge is 0.337 e. The number of rotatable bonds is 3. The lowest BCUT2D eigenvalue weighted by atomic mass is 10.1. The van der Waals surface area contributed by atoms with Crippen molar-refractivity contribution in [2.75, 3.05) is 12.4 Å². The SMILES string of the molecule is COC(=O)c1ccc(Nc2cccc(Cl)c2C)c(S)c1. The van der Waals surface area contributed by atoms with Gasteiger partial charge in [-0.15, -0.1) is 12.6 Å². The zero-order valence-electron chi connectivity index (χ0n) is 11.1. The number of esters is 1. The number of benzene rings is 2. The Balaban J connectivity index is 2.30. The van der Waals surface area contributed by atoms with E-state index in [-0.39, 0.29) is 5.97 Å². The molecule has 0 fully saturated rings. The van der Waals surface area contributed by atoms with Gasteiger partial charge in [-0.05, 0) is 42.8 Å². The molecule has 0 radical (unpaired) electrons. The summed E-state index contributed by atoms with van der Waals surface area (Å²) in [5, 5.41) is 3.95. The maximum atomic E-state index is 11.4. The molecular weight excluding hydrogens is 294 g/mol. The largest absolute Gasteiger partial charge is 0.465 e. The van der Waals surface area contributed by atoms with Gasteiger partial charge in [0, 0.05) is 15.6 Å². The second-order valence-corrected chi connectivity index (χ2v) is 5.15. The molecule has 0 bridgehead atoms. The van der Waals surface area contributed by atoms with E-state index in [1.807, 2.05) is 25.1 Å². The van der Waals surface area contributed by atoms with Crippen molar-refractivity contribution in [2.45, 2.75) is 11.8 Å². The number of ether oxygens (including phenoxy) is 1.